The fourth-order valence-corrected chi connectivity index (χ4v) is 7.20. The molecule has 0 N–H and O–H groups in total. The molecule has 3 aromatic carbocycles. The largest absolute Gasteiger partial charge is 0.497 e. The van der Waals surface area contributed by atoms with Gasteiger partial charge in [-0.2, -0.15) is 10.2 Å². The van der Waals surface area contributed by atoms with Crippen LogP contribution in [-0.4, -0.2) is 66.3 Å². The fraction of sp³-hybridized carbons (Fsp3) is 0.294. The van der Waals surface area contributed by atoms with E-state index in [0.29, 0.717) is 10.8 Å². The van der Waals surface area contributed by atoms with Gasteiger partial charge in [-0.3, -0.25) is 19.4 Å². The standard InChI is InChI=1S/C34H30Cl2N6O5/c1-46-23-11-6-19(7-12-23)16-21-4-3-5-25-29(21)38-42(31(25)20-8-13-24(47-2)14-9-20)28(43)18-40-32-30(37-39-40)33(44)41(34(32)45)27-15-10-22(35)17-26(27)36/h6-17,25,30-32H,3-5,18H2,1-2H3/b21-16-/t25-,30+,31-,32-/m1/s1. The van der Waals surface area contributed by atoms with Crippen LogP contribution in [0.1, 0.15) is 36.4 Å². The highest BCUT2D eigenvalue weighted by Crippen LogP contribution is 2.45. The molecule has 1 saturated heterocycles. The monoisotopic (exact) mass is 672 g/mol. The van der Waals surface area contributed by atoms with Gasteiger partial charge < -0.3 is 9.47 Å². The van der Waals surface area contributed by atoms with Crippen LogP contribution in [0.2, 0.25) is 10.0 Å². The first-order valence-electron chi connectivity index (χ1n) is 15.2. The van der Waals surface area contributed by atoms with E-state index >= 15 is 0 Å². The van der Waals surface area contributed by atoms with Gasteiger partial charge in [-0.15, -0.1) is 0 Å². The molecule has 3 amide bonds. The number of anilines is 1. The summed E-state index contributed by atoms with van der Waals surface area (Å²) in [7, 11) is 3.24. The van der Waals surface area contributed by atoms with Gasteiger partial charge in [-0.25, -0.2) is 9.91 Å². The van der Waals surface area contributed by atoms with E-state index < -0.39 is 23.9 Å². The lowest BCUT2D eigenvalue weighted by molar-refractivity contribution is -0.136. The van der Waals surface area contributed by atoms with E-state index in [0.717, 1.165) is 52.3 Å². The lowest BCUT2D eigenvalue weighted by Crippen LogP contribution is -2.45. The van der Waals surface area contributed by atoms with Crippen LogP contribution < -0.4 is 14.4 Å². The minimum absolute atomic E-state index is 0.0456. The number of carbonyl (C=O) groups excluding carboxylic acids is 3. The van der Waals surface area contributed by atoms with Crippen molar-refractivity contribution in [3.05, 3.63) is 93.5 Å². The molecule has 0 aromatic heterocycles. The highest BCUT2D eigenvalue weighted by atomic mass is 35.5. The molecule has 4 atom stereocenters. The molecular weight excluding hydrogens is 643 g/mol. The second-order valence-electron chi connectivity index (χ2n) is 11.7. The molecule has 3 aliphatic heterocycles. The Hall–Kier alpha value is -4.74. The second-order valence-corrected chi connectivity index (χ2v) is 12.5. The van der Waals surface area contributed by atoms with Gasteiger partial charge >= 0.3 is 0 Å². The minimum atomic E-state index is -1.09. The molecule has 47 heavy (non-hydrogen) atoms. The van der Waals surface area contributed by atoms with Crippen molar-refractivity contribution in [2.45, 2.75) is 37.4 Å². The molecule has 4 aliphatic rings. The zero-order valence-corrected chi connectivity index (χ0v) is 27.1. The minimum Gasteiger partial charge on any atom is -0.497 e. The van der Waals surface area contributed by atoms with E-state index in [2.05, 4.69) is 16.4 Å². The first-order chi connectivity index (χ1) is 22.8. The molecule has 7 rings (SSSR count). The Morgan fingerprint density at radius 1 is 0.936 bits per heavy atom. The Labute approximate surface area is 281 Å². The number of amides is 3. The Morgan fingerprint density at radius 3 is 2.32 bits per heavy atom. The number of methoxy groups -OCH3 is 2. The number of benzene rings is 3. The van der Waals surface area contributed by atoms with E-state index in [1.807, 2.05) is 48.5 Å². The molecule has 0 radical (unpaired) electrons. The predicted octanol–water partition coefficient (Wildman–Crippen LogP) is 6.13. The highest BCUT2D eigenvalue weighted by molar-refractivity contribution is 6.38. The molecule has 0 bridgehead atoms. The maximum absolute atomic E-state index is 14.2. The van der Waals surface area contributed by atoms with Crippen molar-refractivity contribution in [3.8, 4) is 11.5 Å². The zero-order valence-electron chi connectivity index (χ0n) is 25.5. The quantitative estimate of drug-likeness (QED) is 0.279. The van der Waals surface area contributed by atoms with Gasteiger partial charge in [0.2, 0.25) is 0 Å². The van der Waals surface area contributed by atoms with Crippen LogP contribution >= 0.6 is 23.2 Å². The van der Waals surface area contributed by atoms with Crippen molar-refractivity contribution < 1.29 is 23.9 Å². The number of halogens is 2. The Bertz CT molecular complexity index is 1840. The predicted molar refractivity (Wildman–Crippen MR) is 176 cm³/mol. The van der Waals surface area contributed by atoms with E-state index in [1.165, 1.54) is 22.2 Å². The van der Waals surface area contributed by atoms with Crippen LogP contribution in [0.4, 0.5) is 5.69 Å². The van der Waals surface area contributed by atoms with Crippen LogP contribution in [0, 0.1) is 5.92 Å². The lowest BCUT2D eigenvalue weighted by atomic mass is 9.77. The third-order valence-electron chi connectivity index (χ3n) is 8.98. The van der Waals surface area contributed by atoms with E-state index in [-0.39, 0.29) is 35.1 Å². The third kappa shape index (κ3) is 5.53. The van der Waals surface area contributed by atoms with Crippen LogP contribution in [-0.2, 0) is 14.4 Å². The van der Waals surface area contributed by atoms with Gasteiger partial charge in [0.25, 0.3) is 17.7 Å². The van der Waals surface area contributed by atoms with Crippen LogP contribution in [0.3, 0.4) is 0 Å². The first kappa shape index (κ1) is 30.9. The zero-order chi connectivity index (χ0) is 32.8. The van der Waals surface area contributed by atoms with Gasteiger partial charge in [0.15, 0.2) is 12.1 Å². The molecule has 2 fully saturated rings. The summed E-state index contributed by atoms with van der Waals surface area (Å²) in [5.41, 5.74) is 4.04. The molecule has 0 spiro atoms. The molecule has 13 heteroatoms. The number of rotatable bonds is 7. The Balaban J connectivity index is 1.19. The summed E-state index contributed by atoms with van der Waals surface area (Å²) in [6.45, 7) is -0.306. The van der Waals surface area contributed by atoms with Gasteiger partial charge in [0.05, 0.1) is 36.7 Å². The van der Waals surface area contributed by atoms with Crippen molar-refractivity contribution in [2.75, 3.05) is 25.7 Å². The summed E-state index contributed by atoms with van der Waals surface area (Å²) in [5, 5.41) is 16.4. The van der Waals surface area contributed by atoms with Crippen LogP contribution in [0.15, 0.2) is 87.7 Å². The van der Waals surface area contributed by atoms with Crippen LogP contribution in [0.25, 0.3) is 6.08 Å². The average molecular weight is 674 g/mol. The maximum atomic E-state index is 14.2. The van der Waals surface area contributed by atoms with Crippen molar-refractivity contribution in [1.29, 1.82) is 0 Å². The number of imide groups is 1. The third-order valence-corrected chi connectivity index (χ3v) is 9.51. The summed E-state index contributed by atoms with van der Waals surface area (Å²) < 4.78 is 10.7. The molecule has 3 heterocycles. The molecule has 11 nitrogen and oxygen atoms in total. The van der Waals surface area contributed by atoms with E-state index in [4.69, 9.17) is 37.8 Å². The molecule has 240 valence electrons. The van der Waals surface area contributed by atoms with Crippen molar-refractivity contribution in [1.82, 2.24) is 10.0 Å². The number of fused-ring (bicyclic) bond motifs is 2. The molecule has 0 unspecified atom stereocenters. The van der Waals surface area contributed by atoms with E-state index in [1.54, 1.807) is 20.3 Å². The number of carbonyl (C=O) groups is 3. The summed E-state index contributed by atoms with van der Waals surface area (Å²) in [6, 6.07) is 17.4. The van der Waals surface area contributed by atoms with Gasteiger partial charge in [-0.1, -0.05) is 52.7 Å². The first-order valence-corrected chi connectivity index (χ1v) is 15.9. The number of hydrogen-bond donors (Lipinski definition) is 0. The second kappa shape index (κ2) is 12.5. The van der Waals surface area contributed by atoms with Gasteiger partial charge in [0.1, 0.15) is 18.0 Å². The number of hydrazone groups is 1. The average Bonchev–Trinajstić information content (AvgIpc) is 3.75. The van der Waals surface area contributed by atoms with Crippen molar-refractivity contribution >= 4 is 58.4 Å². The Kier molecular flexibility index (Phi) is 8.19. The molecular formula is C34H30Cl2N6O5. The lowest BCUT2D eigenvalue weighted by Gasteiger charge is -2.30. The van der Waals surface area contributed by atoms with E-state index in [9.17, 15) is 14.4 Å². The smallest absolute Gasteiger partial charge is 0.264 e. The Morgan fingerprint density at radius 2 is 1.64 bits per heavy atom. The van der Waals surface area contributed by atoms with Crippen molar-refractivity contribution in [3.63, 3.8) is 0 Å². The topological polar surface area (TPSA) is 116 Å². The molecule has 1 aliphatic carbocycles. The maximum Gasteiger partial charge on any atom is 0.264 e. The number of nitrogens with zero attached hydrogens (tertiary/aromatic N) is 6. The van der Waals surface area contributed by atoms with Crippen LogP contribution in [0.5, 0.6) is 11.5 Å². The van der Waals surface area contributed by atoms with Gasteiger partial charge in [0, 0.05) is 10.9 Å². The SMILES string of the molecule is COc1ccc(/C=C2/CCC[C@@H]3C2=NN(C(=O)CN2N=N[C@@H]4C(=O)N(c5ccc(Cl)cc5Cl)C(=O)[C@@H]42)[C@@H]3c2ccc(OC)cc2)cc1. The molecule has 3 aromatic rings. The van der Waals surface area contributed by atoms with Gasteiger partial charge in [-0.05, 0) is 84.5 Å². The summed E-state index contributed by atoms with van der Waals surface area (Å²) in [6.07, 6.45) is 4.71. The summed E-state index contributed by atoms with van der Waals surface area (Å²) in [5.74, 6) is -0.0890. The number of hydrogen-bond acceptors (Lipinski definition) is 9. The summed E-state index contributed by atoms with van der Waals surface area (Å²) in [4.78, 5) is 42.1. The normalized spacial score (nSPS) is 24.1. The van der Waals surface area contributed by atoms with Crippen molar-refractivity contribution in [2.24, 2.45) is 21.4 Å². The molecule has 1 saturated carbocycles. The number of allylic oxidation sites excluding steroid dienone is 1. The summed E-state index contributed by atoms with van der Waals surface area (Å²) >= 11 is 12.4. The highest BCUT2D eigenvalue weighted by Gasteiger charge is 2.56. The fourth-order valence-electron chi connectivity index (χ4n) is 6.71. The number of ether oxygens (including phenoxy) is 2.